The van der Waals surface area contributed by atoms with Crippen LogP contribution >= 0.6 is 0 Å². The van der Waals surface area contributed by atoms with Gasteiger partial charge in [-0.3, -0.25) is 0 Å². The van der Waals surface area contributed by atoms with Crippen molar-refractivity contribution in [3.63, 3.8) is 0 Å². The van der Waals surface area contributed by atoms with E-state index in [1.165, 1.54) is 10.6 Å². The molecule has 79 valence electrons. The number of anilines is 1. The average Bonchev–Trinajstić information content (AvgIpc) is 2.15. The predicted octanol–water partition coefficient (Wildman–Crippen LogP) is 1.20. The first kappa shape index (κ1) is 13.1. The van der Waals surface area contributed by atoms with Crippen molar-refractivity contribution >= 4 is 15.7 Å². The molecule has 0 bridgehead atoms. The minimum Gasteiger partial charge on any atom is -0.323 e. The molecule has 0 unspecified atom stereocenters. The van der Waals surface area contributed by atoms with Gasteiger partial charge in [0.15, 0.2) is 0 Å². The molecule has 0 fully saturated rings. The number of hydrogen-bond acceptors (Lipinski definition) is 2. The fourth-order valence-electron chi connectivity index (χ4n) is 1.78. The van der Waals surface area contributed by atoms with E-state index in [-0.39, 0.29) is 32.7 Å². The van der Waals surface area contributed by atoms with Gasteiger partial charge in [-0.15, -0.1) is 5.56 Å². The van der Waals surface area contributed by atoms with Crippen LogP contribution in [0.1, 0.15) is 12.0 Å². The number of hydrogen-bond donors (Lipinski definition) is 0. The Bertz CT molecular complexity index is 444. The zero-order valence-electron chi connectivity index (χ0n) is 8.60. The first-order valence-electron chi connectivity index (χ1n) is 4.56. The van der Waals surface area contributed by atoms with Gasteiger partial charge in [0.05, 0.1) is 6.26 Å². The van der Waals surface area contributed by atoms with Crippen LogP contribution in [-0.4, -0.2) is 21.2 Å². The van der Waals surface area contributed by atoms with Gasteiger partial charge in [0.2, 0.25) is 10.0 Å². The molecule has 0 aliphatic carbocycles. The molecule has 5 heteroatoms. The van der Waals surface area contributed by atoms with E-state index in [9.17, 15) is 8.42 Å². The van der Waals surface area contributed by atoms with Crippen LogP contribution in [0.3, 0.4) is 0 Å². The van der Waals surface area contributed by atoms with E-state index in [1.54, 1.807) is 6.07 Å². The van der Waals surface area contributed by atoms with Gasteiger partial charge in [-0.1, -0.05) is 5.69 Å². The molecule has 0 aromatic heterocycles. The summed E-state index contributed by atoms with van der Waals surface area (Å²) >= 11 is 0. The quantitative estimate of drug-likeness (QED) is 0.731. The summed E-state index contributed by atoms with van der Waals surface area (Å²) in [4.78, 5) is 0. The first-order valence-corrected chi connectivity index (χ1v) is 6.40. The van der Waals surface area contributed by atoms with E-state index in [4.69, 9.17) is 0 Å². The van der Waals surface area contributed by atoms with Gasteiger partial charge < -0.3 is 4.31 Å². The molecule has 2 rings (SSSR count). The second-order valence-corrected chi connectivity index (χ2v) is 5.40. The van der Waals surface area contributed by atoms with Crippen LogP contribution in [0.5, 0.6) is 0 Å². The van der Waals surface area contributed by atoms with Crippen LogP contribution < -0.4 is 4.31 Å². The summed E-state index contributed by atoms with van der Waals surface area (Å²) < 4.78 is 24.4. The fraction of sp³-hybridized carbons (Fsp3) is 0.400. The molecule has 1 radical (unpaired) electrons. The van der Waals surface area contributed by atoms with Gasteiger partial charge in [-0.25, -0.2) is 8.42 Å². The number of rotatable bonds is 1. The minimum atomic E-state index is -3.13. The van der Waals surface area contributed by atoms with Gasteiger partial charge in [-0.05, 0) is 12.8 Å². The molecule has 0 spiro atoms. The molecule has 1 aromatic rings. The largest absolute Gasteiger partial charge is 0.323 e. The molecule has 0 N–H and O–H groups in total. The summed E-state index contributed by atoms with van der Waals surface area (Å²) in [5.41, 5.74) is 1.89. The van der Waals surface area contributed by atoms with E-state index in [0.29, 0.717) is 6.54 Å². The second kappa shape index (κ2) is 4.94. The molecule has 0 saturated heterocycles. The predicted molar refractivity (Wildman–Crippen MR) is 55.8 cm³/mol. The molecule has 0 atom stereocenters. The van der Waals surface area contributed by atoms with Crippen LogP contribution in [0.2, 0.25) is 0 Å². The minimum absolute atomic E-state index is 0. The van der Waals surface area contributed by atoms with Crippen LogP contribution in [0, 0.1) is 6.07 Å². The van der Waals surface area contributed by atoms with Crippen molar-refractivity contribution in [2.45, 2.75) is 12.8 Å². The van der Waals surface area contributed by atoms with E-state index < -0.39 is 10.0 Å². The normalized spacial score (nSPS) is 15.4. The first-order chi connectivity index (χ1) is 6.59. The topological polar surface area (TPSA) is 37.4 Å². The zero-order valence-corrected chi connectivity index (χ0v) is 12.3. The second-order valence-electron chi connectivity index (χ2n) is 3.49. The smallest absolute Gasteiger partial charge is 0.222 e. The number of sulfonamides is 1. The summed E-state index contributed by atoms with van der Waals surface area (Å²) in [5, 5.41) is 0. The molecule has 0 amide bonds. The average molecular weight is 299 g/mol. The monoisotopic (exact) mass is 299 g/mol. The Hall–Kier alpha value is 0.0739. The van der Waals surface area contributed by atoms with Crippen molar-refractivity contribution in [2.75, 3.05) is 17.1 Å². The van der Waals surface area contributed by atoms with Crippen molar-refractivity contribution in [2.24, 2.45) is 0 Å². The summed E-state index contributed by atoms with van der Waals surface area (Å²) in [7, 11) is -3.13. The number of fused-ring (bicyclic) bond motifs is 1. The maximum atomic E-state index is 11.5. The molecule has 1 heterocycles. The Morgan fingerprint density at radius 3 is 2.87 bits per heavy atom. The number of nitrogens with zero attached hydrogens (tertiary/aromatic N) is 1. The van der Waals surface area contributed by atoms with Crippen molar-refractivity contribution in [1.29, 1.82) is 0 Å². The Kier molecular flexibility index (Phi) is 4.32. The molecular formula is C10H12NO2SY-. The van der Waals surface area contributed by atoms with E-state index in [0.717, 1.165) is 24.1 Å². The molecule has 1 aromatic carbocycles. The van der Waals surface area contributed by atoms with Crippen molar-refractivity contribution < 1.29 is 41.1 Å². The van der Waals surface area contributed by atoms with E-state index >= 15 is 0 Å². The summed E-state index contributed by atoms with van der Waals surface area (Å²) in [6.07, 6.45) is 3.09. The van der Waals surface area contributed by atoms with Gasteiger partial charge in [0.1, 0.15) is 0 Å². The Morgan fingerprint density at radius 1 is 1.47 bits per heavy atom. The maximum Gasteiger partial charge on any atom is 0.222 e. The van der Waals surface area contributed by atoms with Gasteiger partial charge in [-0.2, -0.15) is 24.3 Å². The SMILES string of the molecule is CS(=O)(=O)N1CCCc2cc[c-]cc21.[Y]. The van der Waals surface area contributed by atoms with Crippen molar-refractivity contribution in [3.8, 4) is 0 Å². The van der Waals surface area contributed by atoms with Crippen LogP contribution in [0.15, 0.2) is 18.2 Å². The third kappa shape index (κ3) is 2.80. The van der Waals surface area contributed by atoms with Gasteiger partial charge in [0, 0.05) is 39.3 Å². The number of benzene rings is 1. The van der Waals surface area contributed by atoms with Gasteiger partial charge >= 0.3 is 0 Å². The van der Waals surface area contributed by atoms with Crippen LogP contribution in [-0.2, 0) is 49.2 Å². The summed E-state index contributed by atoms with van der Waals surface area (Å²) in [6, 6.07) is 8.42. The summed E-state index contributed by atoms with van der Waals surface area (Å²) in [5.74, 6) is 0. The fourth-order valence-corrected chi connectivity index (χ4v) is 2.76. The third-order valence-corrected chi connectivity index (χ3v) is 3.59. The van der Waals surface area contributed by atoms with E-state index in [1.807, 2.05) is 12.1 Å². The van der Waals surface area contributed by atoms with Crippen LogP contribution in [0.4, 0.5) is 5.69 Å². The van der Waals surface area contributed by atoms with Crippen molar-refractivity contribution in [1.82, 2.24) is 0 Å². The molecule has 15 heavy (non-hydrogen) atoms. The molecule has 3 nitrogen and oxygen atoms in total. The Morgan fingerprint density at radius 2 is 2.20 bits per heavy atom. The summed E-state index contributed by atoms with van der Waals surface area (Å²) in [6.45, 7) is 0.587. The maximum absolute atomic E-state index is 11.5. The molecule has 0 saturated carbocycles. The van der Waals surface area contributed by atoms with Gasteiger partial charge in [0.25, 0.3) is 0 Å². The van der Waals surface area contributed by atoms with Crippen LogP contribution in [0.25, 0.3) is 0 Å². The number of aryl methyl sites for hydroxylation is 1. The molecule has 1 aliphatic rings. The zero-order chi connectivity index (χ0) is 10.2. The third-order valence-electron chi connectivity index (χ3n) is 2.41. The standard InChI is InChI=1S/C10H12NO2S.Y/c1-14(12,13)11-8-4-6-9-5-2-3-7-10(9)11;/h2,5,7H,4,6,8H2,1H3;/q-1;. The Balaban J connectivity index is 0.00000112. The molecular weight excluding hydrogens is 287 g/mol. The van der Waals surface area contributed by atoms with E-state index in [2.05, 4.69) is 6.07 Å². The molecule has 1 aliphatic heterocycles. The van der Waals surface area contributed by atoms with Crippen molar-refractivity contribution in [3.05, 3.63) is 29.8 Å². The Labute approximate surface area is 116 Å².